The summed E-state index contributed by atoms with van der Waals surface area (Å²) in [6.07, 6.45) is 5.92. The van der Waals surface area contributed by atoms with Gasteiger partial charge in [0.05, 0.1) is 0 Å². The van der Waals surface area contributed by atoms with Gasteiger partial charge in [0, 0.05) is 19.4 Å². The molecule has 4 heteroatoms. The lowest BCUT2D eigenvalue weighted by molar-refractivity contribution is -0.123. The Labute approximate surface area is 97.0 Å². The lowest BCUT2D eigenvalue weighted by atomic mass is 9.82. The van der Waals surface area contributed by atoms with Crippen molar-refractivity contribution in [1.82, 2.24) is 5.32 Å². The minimum Gasteiger partial charge on any atom is -0.330 e. The van der Waals surface area contributed by atoms with Crippen LogP contribution in [0.4, 0.5) is 0 Å². The highest BCUT2D eigenvalue weighted by molar-refractivity contribution is 5.77. The summed E-state index contributed by atoms with van der Waals surface area (Å²) in [5, 5.41) is 4.01. The molecule has 0 aromatic carbocycles. The highest BCUT2D eigenvalue weighted by Gasteiger charge is 2.20. The van der Waals surface area contributed by atoms with Gasteiger partial charge in [-0.1, -0.05) is 0 Å². The molecule has 1 aliphatic rings. The quantitative estimate of drug-likeness (QED) is 0.681. The first kappa shape index (κ1) is 13.2. The van der Waals surface area contributed by atoms with E-state index < -0.39 is 0 Å². The summed E-state index contributed by atoms with van der Waals surface area (Å²) in [7, 11) is 0. The maximum atomic E-state index is 11.2. The Bertz CT molecular complexity index is 223. The molecule has 0 aromatic heterocycles. The summed E-state index contributed by atoms with van der Waals surface area (Å²) in [6.45, 7) is 1.41. The molecular weight excluding hydrogens is 204 g/mol. The minimum atomic E-state index is -0.131. The Hall–Kier alpha value is -0.900. The fourth-order valence-corrected chi connectivity index (χ4v) is 2.14. The summed E-state index contributed by atoms with van der Waals surface area (Å²) >= 11 is 0. The lowest BCUT2D eigenvalue weighted by Gasteiger charge is -2.26. The summed E-state index contributed by atoms with van der Waals surface area (Å²) in [5.74, 6) is 1.08. The average Bonchev–Trinajstić information content (AvgIpc) is 2.34. The van der Waals surface area contributed by atoms with Crippen molar-refractivity contribution in [2.24, 2.45) is 17.6 Å². The monoisotopic (exact) mass is 225 g/mol. The molecule has 0 unspecified atom stereocenters. The topological polar surface area (TPSA) is 74.3 Å². The fourth-order valence-electron chi connectivity index (χ4n) is 2.14. The van der Waals surface area contributed by atoms with Gasteiger partial charge in [-0.05, 0) is 44.1 Å². The minimum absolute atomic E-state index is 0.131. The zero-order valence-corrected chi connectivity index (χ0v) is 9.73. The van der Waals surface area contributed by atoms with Crippen LogP contribution in [0, 0.1) is 11.8 Å². The summed E-state index contributed by atoms with van der Waals surface area (Å²) in [6, 6.07) is 0. The largest absolute Gasteiger partial charge is 0.330 e. The van der Waals surface area contributed by atoms with E-state index in [4.69, 9.17) is 5.73 Å². The lowest BCUT2D eigenvalue weighted by Crippen LogP contribution is -2.28. The maximum Gasteiger partial charge on any atom is 0.241 e. The third-order valence-corrected chi connectivity index (χ3v) is 3.30. The predicted octanol–water partition coefficient (Wildman–Crippen LogP) is 0.862. The molecule has 4 nitrogen and oxygen atoms in total. The number of nitrogens with two attached hydrogens (primary N) is 1. The highest BCUT2D eigenvalue weighted by Crippen LogP contribution is 2.27. The van der Waals surface area contributed by atoms with Crippen LogP contribution in [0.3, 0.4) is 0 Å². The van der Waals surface area contributed by atoms with E-state index in [0.29, 0.717) is 24.8 Å². The molecule has 0 atom stereocenters. The van der Waals surface area contributed by atoms with Crippen molar-refractivity contribution in [2.75, 3.05) is 13.1 Å². The average molecular weight is 225 g/mol. The number of rotatable bonds is 6. The molecule has 16 heavy (non-hydrogen) atoms. The van der Waals surface area contributed by atoms with E-state index in [2.05, 4.69) is 5.32 Å². The number of amides is 1. The SMILES string of the molecule is NCC1CCC(C[N]C(=O)CCC=O)CC1. The van der Waals surface area contributed by atoms with Gasteiger partial charge in [-0.2, -0.15) is 0 Å². The van der Waals surface area contributed by atoms with Crippen molar-refractivity contribution in [3.63, 3.8) is 0 Å². The van der Waals surface area contributed by atoms with Crippen LogP contribution in [-0.4, -0.2) is 25.3 Å². The maximum absolute atomic E-state index is 11.2. The van der Waals surface area contributed by atoms with Gasteiger partial charge in [-0.25, -0.2) is 0 Å². The van der Waals surface area contributed by atoms with Gasteiger partial charge in [0.1, 0.15) is 6.29 Å². The first-order valence-corrected chi connectivity index (χ1v) is 6.10. The molecule has 91 valence electrons. The molecule has 0 aromatic rings. The highest BCUT2D eigenvalue weighted by atomic mass is 16.1. The molecule has 0 heterocycles. The third kappa shape index (κ3) is 4.75. The van der Waals surface area contributed by atoms with Crippen LogP contribution in [-0.2, 0) is 9.59 Å². The smallest absolute Gasteiger partial charge is 0.241 e. The molecule has 0 saturated heterocycles. The molecule has 0 bridgehead atoms. The fraction of sp³-hybridized carbons (Fsp3) is 0.833. The van der Waals surface area contributed by atoms with Crippen LogP contribution in [0.25, 0.3) is 0 Å². The molecule has 1 rings (SSSR count). The van der Waals surface area contributed by atoms with Crippen molar-refractivity contribution in [3.05, 3.63) is 0 Å². The first-order valence-electron chi connectivity index (χ1n) is 6.10. The standard InChI is InChI=1S/C12H21N2O2/c13-8-10-3-5-11(6-4-10)9-14-12(16)2-1-7-15/h7,10-11H,1-6,8-9,13H2. The molecule has 2 N–H and O–H groups in total. The molecule has 1 fully saturated rings. The van der Waals surface area contributed by atoms with Crippen LogP contribution in [0.2, 0.25) is 0 Å². The molecule has 1 amide bonds. The zero-order valence-electron chi connectivity index (χ0n) is 9.73. The second-order valence-electron chi connectivity index (χ2n) is 4.56. The molecule has 0 aliphatic heterocycles. The normalized spacial score (nSPS) is 25.1. The molecule has 0 spiro atoms. The van der Waals surface area contributed by atoms with Gasteiger partial charge in [0.2, 0.25) is 5.91 Å². The molecule has 1 saturated carbocycles. The number of nitrogens with zero attached hydrogens (tertiary/aromatic N) is 1. The summed E-state index contributed by atoms with van der Waals surface area (Å²) < 4.78 is 0. The Kier molecular flexibility index (Phi) is 6.08. The van der Waals surface area contributed by atoms with E-state index in [9.17, 15) is 9.59 Å². The molecule has 1 aliphatic carbocycles. The second kappa shape index (κ2) is 7.39. The Morgan fingerprint density at radius 1 is 1.25 bits per heavy atom. The van der Waals surface area contributed by atoms with E-state index >= 15 is 0 Å². The van der Waals surface area contributed by atoms with Crippen molar-refractivity contribution in [1.29, 1.82) is 0 Å². The number of hydrogen-bond donors (Lipinski definition) is 1. The van der Waals surface area contributed by atoms with Crippen molar-refractivity contribution >= 4 is 12.2 Å². The van der Waals surface area contributed by atoms with Gasteiger partial charge in [-0.15, -0.1) is 0 Å². The number of hydrogen-bond acceptors (Lipinski definition) is 3. The Balaban J connectivity index is 2.10. The van der Waals surface area contributed by atoms with Gasteiger partial charge in [0.15, 0.2) is 0 Å². The second-order valence-corrected chi connectivity index (χ2v) is 4.56. The van der Waals surface area contributed by atoms with Crippen LogP contribution >= 0.6 is 0 Å². The van der Waals surface area contributed by atoms with Gasteiger partial charge in [-0.3, -0.25) is 10.1 Å². The molecule has 1 radical (unpaired) electrons. The van der Waals surface area contributed by atoms with E-state index in [1.165, 1.54) is 12.8 Å². The first-order chi connectivity index (χ1) is 7.76. The number of carbonyl (C=O) groups excluding carboxylic acids is 2. The number of aldehydes is 1. The van der Waals surface area contributed by atoms with Crippen molar-refractivity contribution in [3.8, 4) is 0 Å². The van der Waals surface area contributed by atoms with Crippen LogP contribution in [0.15, 0.2) is 0 Å². The third-order valence-electron chi connectivity index (χ3n) is 3.30. The zero-order chi connectivity index (χ0) is 11.8. The van der Waals surface area contributed by atoms with Crippen LogP contribution in [0.5, 0.6) is 0 Å². The van der Waals surface area contributed by atoms with Crippen LogP contribution < -0.4 is 11.1 Å². The van der Waals surface area contributed by atoms with E-state index in [1.54, 1.807) is 0 Å². The van der Waals surface area contributed by atoms with E-state index in [0.717, 1.165) is 25.7 Å². The predicted molar refractivity (Wildman–Crippen MR) is 61.8 cm³/mol. The van der Waals surface area contributed by atoms with E-state index in [1.807, 2.05) is 0 Å². The number of carbonyl (C=O) groups is 2. The van der Waals surface area contributed by atoms with Crippen molar-refractivity contribution in [2.45, 2.75) is 38.5 Å². The van der Waals surface area contributed by atoms with Gasteiger partial charge >= 0.3 is 0 Å². The van der Waals surface area contributed by atoms with Crippen molar-refractivity contribution < 1.29 is 9.59 Å². The van der Waals surface area contributed by atoms with E-state index in [-0.39, 0.29) is 12.3 Å². The Morgan fingerprint density at radius 2 is 1.88 bits per heavy atom. The van der Waals surface area contributed by atoms with Gasteiger partial charge in [0.25, 0.3) is 0 Å². The molecular formula is C12H21N2O2. The summed E-state index contributed by atoms with van der Waals surface area (Å²) in [5.41, 5.74) is 5.62. The summed E-state index contributed by atoms with van der Waals surface area (Å²) in [4.78, 5) is 21.3. The Morgan fingerprint density at radius 3 is 2.44 bits per heavy atom. The van der Waals surface area contributed by atoms with Gasteiger partial charge < -0.3 is 10.5 Å². The van der Waals surface area contributed by atoms with Crippen LogP contribution in [0.1, 0.15) is 38.5 Å².